The van der Waals surface area contributed by atoms with E-state index in [4.69, 9.17) is 0 Å². The van der Waals surface area contributed by atoms with Gasteiger partial charge in [0.1, 0.15) is 6.61 Å². The molecule has 0 aliphatic carbocycles. The van der Waals surface area contributed by atoms with Crippen LogP contribution in [0.1, 0.15) is 0 Å². The quantitative estimate of drug-likeness (QED) is 0.424. The second-order valence-corrected chi connectivity index (χ2v) is 0.984. The molecule has 0 aliphatic rings. The maximum Gasteiger partial charge on any atom is 0.247 e. The number of carbonyl (C=O) groups excluding carboxylic acids is 1. The number of rotatable bonds is 2. The van der Waals surface area contributed by atoms with Gasteiger partial charge >= 0.3 is 0 Å². The van der Waals surface area contributed by atoms with Crippen molar-refractivity contribution in [1.29, 1.82) is 0 Å². The van der Waals surface area contributed by atoms with Crippen LogP contribution in [-0.4, -0.2) is 19.6 Å². The molecule has 0 aromatic carbocycles. The van der Waals surface area contributed by atoms with Gasteiger partial charge in [-0.05, 0) is 0 Å². The summed E-state index contributed by atoms with van der Waals surface area (Å²) in [6.45, 7) is -0.0729. The summed E-state index contributed by atoms with van der Waals surface area (Å²) in [5.41, 5.74) is 0. The first-order valence-electron chi connectivity index (χ1n) is 1.83. The van der Waals surface area contributed by atoms with E-state index in [1.54, 1.807) is 0 Å². The lowest BCUT2D eigenvalue weighted by molar-refractivity contribution is -0.125. The van der Waals surface area contributed by atoms with Crippen molar-refractivity contribution < 1.29 is 9.63 Å². The number of nitrogens with two attached hydrogens (primary N) is 1. The van der Waals surface area contributed by atoms with E-state index < -0.39 is 0 Å². The topological polar surface area (TPSA) is 64.3 Å². The standard InChI is InChI=1S/C3H8N2O2/c1-5-3(6)2-7-4/h2,4H2,1H3,(H,5,6). The van der Waals surface area contributed by atoms with Crippen molar-refractivity contribution >= 4 is 5.91 Å². The first kappa shape index (κ1) is 6.39. The van der Waals surface area contributed by atoms with Crippen LogP contribution in [-0.2, 0) is 9.63 Å². The van der Waals surface area contributed by atoms with Crippen molar-refractivity contribution in [3.63, 3.8) is 0 Å². The van der Waals surface area contributed by atoms with Gasteiger partial charge in [-0.1, -0.05) is 0 Å². The summed E-state index contributed by atoms with van der Waals surface area (Å²) in [6.07, 6.45) is 0. The van der Waals surface area contributed by atoms with Crippen molar-refractivity contribution in [1.82, 2.24) is 5.32 Å². The molecule has 4 heteroatoms. The van der Waals surface area contributed by atoms with Gasteiger partial charge in [0.05, 0.1) is 0 Å². The minimum atomic E-state index is -0.220. The van der Waals surface area contributed by atoms with Gasteiger partial charge in [0.25, 0.3) is 0 Å². The average Bonchev–Trinajstić information content (AvgIpc) is 1.68. The van der Waals surface area contributed by atoms with Crippen molar-refractivity contribution in [3.05, 3.63) is 0 Å². The van der Waals surface area contributed by atoms with Crippen molar-refractivity contribution in [2.24, 2.45) is 5.90 Å². The first-order valence-corrected chi connectivity index (χ1v) is 1.83. The Morgan fingerprint density at radius 3 is 2.71 bits per heavy atom. The van der Waals surface area contributed by atoms with Gasteiger partial charge in [-0.3, -0.25) is 9.63 Å². The fourth-order valence-corrected chi connectivity index (χ4v) is 0.148. The van der Waals surface area contributed by atoms with E-state index in [0.717, 1.165) is 0 Å². The molecule has 0 bridgehead atoms. The predicted octanol–water partition coefficient (Wildman–Crippen LogP) is -1.38. The maximum atomic E-state index is 10.1. The van der Waals surface area contributed by atoms with E-state index in [9.17, 15) is 4.79 Å². The summed E-state index contributed by atoms with van der Waals surface area (Å²) in [7, 11) is 1.52. The molecule has 0 rings (SSSR count). The van der Waals surface area contributed by atoms with E-state index in [2.05, 4.69) is 16.1 Å². The summed E-state index contributed by atoms with van der Waals surface area (Å²) in [6, 6.07) is 0. The van der Waals surface area contributed by atoms with Crippen molar-refractivity contribution in [2.75, 3.05) is 13.7 Å². The lowest BCUT2D eigenvalue weighted by Crippen LogP contribution is -2.24. The highest BCUT2D eigenvalue weighted by Crippen LogP contribution is 1.59. The first-order chi connectivity index (χ1) is 3.31. The van der Waals surface area contributed by atoms with Crippen LogP contribution in [0.25, 0.3) is 0 Å². The molecular weight excluding hydrogens is 96.0 g/mol. The van der Waals surface area contributed by atoms with Crippen LogP contribution in [0.4, 0.5) is 0 Å². The summed E-state index contributed by atoms with van der Waals surface area (Å²) in [5.74, 6) is 4.32. The number of carbonyl (C=O) groups is 1. The number of nitrogens with one attached hydrogen (secondary N) is 1. The monoisotopic (exact) mass is 104 g/mol. The fourth-order valence-electron chi connectivity index (χ4n) is 0.148. The van der Waals surface area contributed by atoms with E-state index in [0.29, 0.717) is 0 Å². The van der Waals surface area contributed by atoms with Crippen LogP contribution in [0.5, 0.6) is 0 Å². The third-order valence-corrected chi connectivity index (χ3v) is 0.493. The molecule has 0 heterocycles. The molecule has 0 aromatic heterocycles. The molecule has 0 unspecified atom stereocenters. The third-order valence-electron chi connectivity index (χ3n) is 0.493. The number of likely N-dealkylation sites (N-methyl/N-ethyl adjacent to an activating group) is 1. The number of amides is 1. The summed E-state index contributed by atoms with van der Waals surface area (Å²) < 4.78 is 0. The Bertz CT molecular complexity index is 64.0. The molecule has 1 amide bonds. The zero-order chi connectivity index (χ0) is 5.70. The SMILES string of the molecule is CNC(=O)CON. The van der Waals surface area contributed by atoms with Crippen LogP contribution in [0.3, 0.4) is 0 Å². The van der Waals surface area contributed by atoms with Gasteiger partial charge in [-0.25, -0.2) is 5.90 Å². The average molecular weight is 104 g/mol. The Hall–Kier alpha value is -0.610. The highest BCUT2D eigenvalue weighted by molar-refractivity contribution is 5.76. The molecule has 0 saturated heterocycles. The molecule has 0 radical (unpaired) electrons. The second kappa shape index (κ2) is 3.58. The summed E-state index contributed by atoms with van der Waals surface area (Å²) in [4.78, 5) is 14.1. The Balaban J connectivity index is 3.00. The van der Waals surface area contributed by atoms with E-state index in [1.165, 1.54) is 7.05 Å². The molecule has 4 nitrogen and oxygen atoms in total. The molecule has 3 N–H and O–H groups in total. The highest BCUT2D eigenvalue weighted by Gasteiger charge is 1.91. The molecule has 0 saturated carbocycles. The zero-order valence-corrected chi connectivity index (χ0v) is 4.10. The highest BCUT2D eigenvalue weighted by atomic mass is 16.6. The van der Waals surface area contributed by atoms with Gasteiger partial charge in [-0.2, -0.15) is 0 Å². The molecule has 0 aliphatic heterocycles. The normalized spacial score (nSPS) is 8.29. The Morgan fingerprint density at radius 2 is 2.57 bits per heavy atom. The van der Waals surface area contributed by atoms with Gasteiger partial charge in [-0.15, -0.1) is 0 Å². The predicted molar refractivity (Wildman–Crippen MR) is 24.2 cm³/mol. The second-order valence-electron chi connectivity index (χ2n) is 0.984. The van der Waals surface area contributed by atoms with Gasteiger partial charge in [0, 0.05) is 7.05 Å². The lowest BCUT2D eigenvalue weighted by atomic mass is 10.7. The summed E-state index contributed by atoms with van der Waals surface area (Å²) in [5, 5.41) is 2.32. The molecular formula is C3H8N2O2. The fraction of sp³-hybridized carbons (Fsp3) is 0.667. The van der Waals surface area contributed by atoms with E-state index in [-0.39, 0.29) is 12.5 Å². The van der Waals surface area contributed by atoms with Gasteiger partial charge in [0.15, 0.2) is 0 Å². The largest absolute Gasteiger partial charge is 0.357 e. The third kappa shape index (κ3) is 3.21. The van der Waals surface area contributed by atoms with Crippen LogP contribution in [0.2, 0.25) is 0 Å². The van der Waals surface area contributed by atoms with Crippen LogP contribution in [0, 0.1) is 0 Å². The molecule has 42 valence electrons. The van der Waals surface area contributed by atoms with Gasteiger partial charge in [0.2, 0.25) is 5.91 Å². The van der Waals surface area contributed by atoms with Crippen LogP contribution < -0.4 is 11.2 Å². The smallest absolute Gasteiger partial charge is 0.247 e. The van der Waals surface area contributed by atoms with Crippen molar-refractivity contribution in [3.8, 4) is 0 Å². The summed E-state index contributed by atoms with van der Waals surface area (Å²) >= 11 is 0. The molecule has 7 heavy (non-hydrogen) atoms. The van der Waals surface area contributed by atoms with Crippen LogP contribution in [0.15, 0.2) is 0 Å². The minimum Gasteiger partial charge on any atom is -0.357 e. The molecule has 0 spiro atoms. The lowest BCUT2D eigenvalue weighted by Gasteiger charge is -1.92. The van der Waals surface area contributed by atoms with Crippen molar-refractivity contribution in [2.45, 2.75) is 0 Å². The number of hydrogen-bond donors (Lipinski definition) is 2. The molecule has 0 fully saturated rings. The van der Waals surface area contributed by atoms with Gasteiger partial charge < -0.3 is 5.32 Å². The number of hydrogen-bond acceptors (Lipinski definition) is 3. The maximum absolute atomic E-state index is 10.1. The molecule has 0 aromatic rings. The molecule has 0 atom stereocenters. The Morgan fingerprint density at radius 1 is 2.00 bits per heavy atom. The zero-order valence-electron chi connectivity index (χ0n) is 4.10. The van der Waals surface area contributed by atoms with Crippen LogP contribution >= 0.6 is 0 Å². The Kier molecular flexibility index (Phi) is 3.26. The van der Waals surface area contributed by atoms with E-state index >= 15 is 0 Å². The minimum absolute atomic E-state index is 0.0729. The van der Waals surface area contributed by atoms with E-state index in [1.807, 2.05) is 0 Å². The Labute approximate surface area is 41.6 Å².